The quantitative estimate of drug-likeness (QED) is 0.877. The summed E-state index contributed by atoms with van der Waals surface area (Å²) in [6.45, 7) is 1.83. The van der Waals surface area contributed by atoms with Crippen LogP contribution in [0.5, 0.6) is 0 Å². The van der Waals surface area contributed by atoms with E-state index in [0.717, 1.165) is 25.2 Å². The van der Waals surface area contributed by atoms with E-state index in [1.807, 2.05) is 30.3 Å². The lowest BCUT2D eigenvalue weighted by molar-refractivity contribution is -0.115. The van der Waals surface area contributed by atoms with Gasteiger partial charge in [0.2, 0.25) is 11.8 Å². The zero-order valence-electron chi connectivity index (χ0n) is 11.0. The molecule has 1 saturated heterocycles. The van der Waals surface area contributed by atoms with E-state index in [1.54, 1.807) is 0 Å². The van der Waals surface area contributed by atoms with Crippen molar-refractivity contribution in [3.63, 3.8) is 0 Å². The Morgan fingerprint density at radius 1 is 1.40 bits per heavy atom. The largest absolute Gasteiger partial charge is 0.339 e. The first-order chi connectivity index (χ1) is 9.81. The van der Waals surface area contributed by atoms with Crippen LogP contribution in [-0.2, 0) is 11.2 Å². The molecule has 1 aliphatic heterocycles. The van der Waals surface area contributed by atoms with Crippen LogP contribution in [0, 0.1) is 0 Å². The summed E-state index contributed by atoms with van der Waals surface area (Å²) in [6.07, 6.45) is 1.12. The summed E-state index contributed by atoms with van der Waals surface area (Å²) in [5.74, 6) is 1.18. The lowest BCUT2D eigenvalue weighted by atomic mass is 10.1. The molecule has 6 heteroatoms. The smallest absolute Gasteiger partial charge is 0.232 e. The maximum Gasteiger partial charge on any atom is 0.232 e. The molecule has 104 valence electrons. The third-order valence-corrected chi connectivity index (χ3v) is 3.27. The van der Waals surface area contributed by atoms with Crippen molar-refractivity contribution in [1.82, 2.24) is 15.5 Å². The Morgan fingerprint density at radius 3 is 3.00 bits per heavy atom. The van der Waals surface area contributed by atoms with Crippen molar-refractivity contribution in [2.45, 2.75) is 18.8 Å². The molecule has 1 aromatic heterocycles. The second kappa shape index (κ2) is 5.83. The number of amides is 1. The summed E-state index contributed by atoms with van der Waals surface area (Å²) < 4.78 is 5.22. The lowest BCUT2D eigenvalue weighted by Gasteiger charge is -2.02. The summed E-state index contributed by atoms with van der Waals surface area (Å²) in [6, 6.07) is 9.31. The molecule has 2 N–H and O–H groups in total. The Labute approximate surface area is 116 Å². The Balaban J connectivity index is 1.59. The van der Waals surface area contributed by atoms with E-state index in [1.165, 1.54) is 0 Å². The van der Waals surface area contributed by atoms with E-state index in [4.69, 9.17) is 4.52 Å². The van der Waals surface area contributed by atoms with Gasteiger partial charge in [-0.15, -0.1) is 0 Å². The number of carbonyl (C=O) groups excluding carboxylic acids is 1. The van der Waals surface area contributed by atoms with Crippen LogP contribution >= 0.6 is 0 Å². The van der Waals surface area contributed by atoms with Gasteiger partial charge in [-0.3, -0.25) is 4.79 Å². The van der Waals surface area contributed by atoms with E-state index in [-0.39, 0.29) is 18.2 Å². The monoisotopic (exact) mass is 272 g/mol. The second-order valence-electron chi connectivity index (χ2n) is 4.83. The molecule has 0 unspecified atom stereocenters. The third-order valence-electron chi connectivity index (χ3n) is 3.27. The molecule has 1 fully saturated rings. The van der Waals surface area contributed by atoms with Crippen molar-refractivity contribution in [1.29, 1.82) is 0 Å². The fraction of sp³-hybridized carbons (Fsp3) is 0.357. The number of nitrogens with zero attached hydrogens (tertiary/aromatic N) is 2. The molecule has 20 heavy (non-hydrogen) atoms. The SMILES string of the molecule is O=C(Cc1noc([C@@H]2CCNC2)n1)Nc1ccccc1. The normalized spacial score (nSPS) is 18.1. The van der Waals surface area contributed by atoms with Crippen LogP contribution in [0.3, 0.4) is 0 Å². The average Bonchev–Trinajstić information content (AvgIpc) is 3.10. The Morgan fingerprint density at radius 2 is 2.25 bits per heavy atom. The molecule has 0 radical (unpaired) electrons. The highest BCUT2D eigenvalue weighted by molar-refractivity contribution is 5.91. The Kier molecular flexibility index (Phi) is 3.73. The van der Waals surface area contributed by atoms with Crippen LogP contribution < -0.4 is 10.6 Å². The first-order valence-corrected chi connectivity index (χ1v) is 6.69. The number of carbonyl (C=O) groups is 1. The molecule has 6 nitrogen and oxygen atoms in total. The lowest BCUT2D eigenvalue weighted by Crippen LogP contribution is -2.15. The number of nitrogens with one attached hydrogen (secondary N) is 2. The fourth-order valence-electron chi connectivity index (χ4n) is 2.24. The minimum absolute atomic E-state index is 0.124. The molecule has 3 rings (SSSR count). The van der Waals surface area contributed by atoms with Crippen molar-refractivity contribution in [3.05, 3.63) is 42.0 Å². The minimum atomic E-state index is -0.145. The fourth-order valence-corrected chi connectivity index (χ4v) is 2.24. The number of para-hydroxylation sites is 1. The van der Waals surface area contributed by atoms with Gasteiger partial charge in [0, 0.05) is 12.2 Å². The van der Waals surface area contributed by atoms with Crippen molar-refractivity contribution in [2.24, 2.45) is 0 Å². The van der Waals surface area contributed by atoms with E-state index in [2.05, 4.69) is 20.8 Å². The zero-order valence-corrected chi connectivity index (χ0v) is 11.0. The molecular weight excluding hydrogens is 256 g/mol. The predicted octanol–water partition coefficient (Wildman–Crippen LogP) is 1.33. The van der Waals surface area contributed by atoms with Gasteiger partial charge in [0.25, 0.3) is 0 Å². The molecule has 2 heterocycles. The topological polar surface area (TPSA) is 80.1 Å². The van der Waals surface area contributed by atoms with Crippen molar-refractivity contribution < 1.29 is 9.32 Å². The summed E-state index contributed by atoms with van der Waals surface area (Å²) in [7, 11) is 0. The predicted molar refractivity (Wildman–Crippen MR) is 73.3 cm³/mol. The van der Waals surface area contributed by atoms with Crippen LogP contribution in [0.1, 0.15) is 24.1 Å². The van der Waals surface area contributed by atoms with Crippen LogP contribution in [0.2, 0.25) is 0 Å². The van der Waals surface area contributed by atoms with E-state index in [9.17, 15) is 4.79 Å². The molecule has 1 amide bonds. The number of anilines is 1. The van der Waals surface area contributed by atoms with Crippen molar-refractivity contribution in [2.75, 3.05) is 18.4 Å². The summed E-state index contributed by atoms with van der Waals surface area (Å²) in [4.78, 5) is 16.2. The van der Waals surface area contributed by atoms with Gasteiger partial charge in [0.1, 0.15) is 0 Å². The van der Waals surface area contributed by atoms with Crippen LogP contribution in [0.4, 0.5) is 5.69 Å². The molecule has 0 aliphatic carbocycles. The van der Waals surface area contributed by atoms with Gasteiger partial charge in [0.05, 0.1) is 12.3 Å². The summed E-state index contributed by atoms with van der Waals surface area (Å²) >= 11 is 0. The standard InChI is InChI=1S/C14H16N4O2/c19-13(16-11-4-2-1-3-5-11)8-12-17-14(20-18-12)10-6-7-15-9-10/h1-5,10,15H,6-9H2,(H,16,19)/t10-/m1/s1. The molecule has 0 bridgehead atoms. The molecule has 2 aromatic rings. The van der Waals surface area contributed by atoms with Crippen LogP contribution in [-0.4, -0.2) is 29.1 Å². The van der Waals surface area contributed by atoms with Gasteiger partial charge >= 0.3 is 0 Å². The highest BCUT2D eigenvalue weighted by Crippen LogP contribution is 2.20. The highest BCUT2D eigenvalue weighted by Gasteiger charge is 2.23. The number of benzene rings is 1. The number of rotatable bonds is 4. The zero-order chi connectivity index (χ0) is 13.8. The average molecular weight is 272 g/mol. The summed E-state index contributed by atoms with van der Waals surface area (Å²) in [5.41, 5.74) is 0.765. The van der Waals surface area contributed by atoms with Gasteiger partial charge in [-0.2, -0.15) is 4.98 Å². The van der Waals surface area contributed by atoms with Crippen LogP contribution in [0.15, 0.2) is 34.9 Å². The van der Waals surface area contributed by atoms with E-state index >= 15 is 0 Å². The number of hydrogen-bond donors (Lipinski definition) is 2. The van der Waals surface area contributed by atoms with E-state index < -0.39 is 0 Å². The van der Waals surface area contributed by atoms with Gasteiger partial charge < -0.3 is 15.2 Å². The van der Waals surface area contributed by atoms with Gasteiger partial charge in [0.15, 0.2) is 5.82 Å². The molecule has 0 spiro atoms. The Hall–Kier alpha value is -2.21. The van der Waals surface area contributed by atoms with E-state index in [0.29, 0.717) is 11.7 Å². The maximum atomic E-state index is 11.9. The molecule has 1 aliphatic rings. The Bertz CT molecular complexity index is 576. The minimum Gasteiger partial charge on any atom is -0.339 e. The van der Waals surface area contributed by atoms with Crippen LogP contribution in [0.25, 0.3) is 0 Å². The first kappa shape index (κ1) is 12.8. The molecular formula is C14H16N4O2. The summed E-state index contributed by atoms with van der Waals surface area (Å²) in [5, 5.41) is 9.91. The van der Waals surface area contributed by atoms with Gasteiger partial charge in [-0.1, -0.05) is 23.4 Å². The molecule has 0 saturated carbocycles. The van der Waals surface area contributed by atoms with Gasteiger partial charge in [-0.25, -0.2) is 0 Å². The van der Waals surface area contributed by atoms with Crippen molar-refractivity contribution in [3.8, 4) is 0 Å². The third kappa shape index (κ3) is 3.03. The molecule has 1 atom stereocenters. The highest BCUT2D eigenvalue weighted by atomic mass is 16.5. The number of hydrogen-bond acceptors (Lipinski definition) is 5. The van der Waals surface area contributed by atoms with Crippen molar-refractivity contribution >= 4 is 11.6 Å². The van der Waals surface area contributed by atoms with Gasteiger partial charge in [-0.05, 0) is 25.1 Å². The number of aromatic nitrogens is 2. The second-order valence-corrected chi connectivity index (χ2v) is 4.83. The maximum absolute atomic E-state index is 11.9. The molecule has 1 aromatic carbocycles. The first-order valence-electron chi connectivity index (χ1n) is 6.69.